The van der Waals surface area contributed by atoms with Gasteiger partial charge in [0.1, 0.15) is 6.10 Å². The van der Waals surface area contributed by atoms with Crippen LogP contribution in [0.2, 0.25) is 0 Å². The summed E-state index contributed by atoms with van der Waals surface area (Å²) in [7, 11) is 0. The molecule has 2 N–H and O–H groups in total. The summed E-state index contributed by atoms with van der Waals surface area (Å²) in [6.07, 6.45) is 0.833. The number of nitrogens with one attached hydrogen (secondary N) is 1. The molecule has 1 aromatic carbocycles. The number of aliphatic hydroxyl groups is 1. The van der Waals surface area contributed by atoms with Gasteiger partial charge in [0.25, 0.3) is 0 Å². The van der Waals surface area contributed by atoms with Crippen molar-refractivity contribution in [2.45, 2.75) is 32.4 Å². The number of carbonyl (C=O) groups excluding carboxylic acids is 1. The fraction of sp³-hybridized carbons (Fsp3) is 0.312. The summed E-state index contributed by atoms with van der Waals surface area (Å²) in [6.45, 7) is 5.76. The quantitative estimate of drug-likeness (QED) is 0.883. The maximum absolute atomic E-state index is 12.2. The highest BCUT2D eigenvalue weighted by molar-refractivity contribution is 5.78. The van der Waals surface area contributed by atoms with Gasteiger partial charge < -0.3 is 10.4 Å². The van der Waals surface area contributed by atoms with E-state index in [9.17, 15) is 9.90 Å². The number of aliphatic hydroxyl groups excluding tert-OH is 1. The number of rotatable bonds is 2. The lowest BCUT2D eigenvalue weighted by Gasteiger charge is -2.22. The van der Waals surface area contributed by atoms with Crippen LogP contribution in [-0.2, 0) is 0 Å². The van der Waals surface area contributed by atoms with Crippen LogP contribution in [0.4, 0.5) is 4.79 Å². The smallest absolute Gasteiger partial charge is 0.326 e. The zero-order chi connectivity index (χ0) is 14.8. The van der Waals surface area contributed by atoms with Gasteiger partial charge in [0.05, 0.1) is 5.69 Å². The molecule has 0 aliphatic carbocycles. The number of nitrogens with zero attached hydrogens (tertiary/aromatic N) is 1. The van der Waals surface area contributed by atoms with Crippen LogP contribution in [0.15, 0.2) is 48.7 Å². The van der Waals surface area contributed by atoms with Crippen molar-refractivity contribution in [2.24, 2.45) is 0 Å². The Morgan fingerprint density at radius 2 is 1.80 bits per heavy atom. The van der Waals surface area contributed by atoms with Crippen molar-refractivity contribution in [3.05, 3.63) is 59.9 Å². The molecule has 2 rings (SSSR count). The minimum absolute atomic E-state index is 0.243. The molecule has 1 aromatic heterocycles. The molecule has 1 heterocycles. The normalized spacial score (nSPS) is 13.0. The Bertz CT molecular complexity index is 582. The van der Waals surface area contributed by atoms with E-state index < -0.39 is 6.10 Å². The van der Waals surface area contributed by atoms with Gasteiger partial charge in [-0.05, 0) is 38.5 Å². The van der Waals surface area contributed by atoms with E-state index in [0.29, 0.717) is 5.69 Å². The summed E-state index contributed by atoms with van der Waals surface area (Å²) in [5.41, 5.74) is 0.991. The van der Waals surface area contributed by atoms with Crippen molar-refractivity contribution in [3.63, 3.8) is 0 Å². The second-order valence-electron chi connectivity index (χ2n) is 5.80. The molecule has 4 nitrogen and oxygen atoms in total. The van der Waals surface area contributed by atoms with E-state index in [1.165, 1.54) is 4.57 Å². The third kappa shape index (κ3) is 3.27. The number of amides is 1. The molecule has 106 valence electrons. The average Bonchev–Trinajstić information content (AvgIpc) is 2.86. The maximum Gasteiger partial charge on any atom is 0.326 e. The Morgan fingerprint density at radius 3 is 2.40 bits per heavy atom. The Morgan fingerprint density at radius 1 is 1.15 bits per heavy atom. The van der Waals surface area contributed by atoms with Crippen molar-refractivity contribution in [1.29, 1.82) is 0 Å². The standard InChI is InChI=1S/C16H20N2O2/c1-16(2,3)17-15(20)18-11-7-10-13(18)14(19)12-8-5-4-6-9-12/h4-11,14,19H,1-3H3,(H,17,20). The van der Waals surface area contributed by atoms with E-state index in [4.69, 9.17) is 0 Å². The molecule has 1 unspecified atom stereocenters. The molecule has 1 atom stereocenters. The van der Waals surface area contributed by atoms with Crippen LogP contribution < -0.4 is 5.32 Å². The lowest BCUT2D eigenvalue weighted by molar-refractivity contribution is 0.204. The van der Waals surface area contributed by atoms with E-state index in [2.05, 4.69) is 5.32 Å². The van der Waals surface area contributed by atoms with Crippen LogP contribution in [-0.4, -0.2) is 21.2 Å². The molecule has 0 saturated carbocycles. The monoisotopic (exact) mass is 272 g/mol. The number of hydrogen-bond donors (Lipinski definition) is 2. The fourth-order valence-electron chi connectivity index (χ4n) is 1.99. The summed E-state index contributed by atoms with van der Waals surface area (Å²) in [5.74, 6) is 0. The number of aromatic nitrogens is 1. The molecule has 0 aliphatic heterocycles. The number of hydrogen-bond acceptors (Lipinski definition) is 2. The van der Waals surface area contributed by atoms with E-state index in [-0.39, 0.29) is 11.6 Å². The Kier molecular flexibility index (Phi) is 3.95. The third-order valence-corrected chi connectivity index (χ3v) is 2.88. The second-order valence-corrected chi connectivity index (χ2v) is 5.80. The molecule has 2 aromatic rings. The van der Waals surface area contributed by atoms with Crippen molar-refractivity contribution >= 4 is 6.03 Å². The highest BCUT2D eigenvalue weighted by atomic mass is 16.3. The minimum Gasteiger partial charge on any atom is -0.382 e. The van der Waals surface area contributed by atoms with Crippen LogP contribution in [0.5, 0.6) is 0 Å². The first-order valence-electron chi connectivity index (χ1n) is 6.61. The second kappa shape index (κ2) is 5.51. The summed E-state index contributed by atoms with van der Waals surface area (Å²) in [4.78, 5) is 12.2. The highest BCUT2D eigenvalue weighted by Gasteiger charge is 2.20. The molecular formula is C16H20N2O2. The molecular weight excluding hydrogens is 252 g/mol. The summed E-state index contributed by atoms with van der Waals surface area (Å²) in [6, 6.07) is 12.5. The van der Waals surface area contributed by atoms with Gasteiger partial charge >= 0.3 is 6.03 Å². The Balaban J connectivity index is 2.27. The Labute approximate surface area is 119 Å². The molecule has 4 heteroatoms. The third-order valence-electron chi connectivity index (χ3n) is 2.88. The highest BCUT2D eigenvalue weighted by Crippen LogP contribution is 2.22. The minimum atomic E-state index is -0.822. The summed E-state index contributed by atoms with van der Waals surface area (Å²) >= 11 is 0. The predicted octanol–water partition coefficient (Wildman–Crippen LogP) is 2.93. The van der Waals surface area contributed by atoms with E-state index >= 15 is 0 Å². The van der Waals surface area contributed by atoms with Crippen molar-refractivity contribution in [1.82, 2.24) is 9.88 Å². The topological polar surface area (TPSA) is 54.3 Å². The van der Waals surface area contributed by atoms with E-state index in [1.54, 1.807) is 18.3 Å². The van der Waals surface area contributed by atoms with Gasteiger partial charge in [-0.25, -0.2) is 4.79 Å². The fourth-order valence-corrected chi connectivity index (χ4v) is 1.99. The summed E-state index contributed by atoms with van der Waals surface area (Å²) < 4.78 is 1.45. The van der Waals surface area contributed by atoms with Gasteiger partial charge in [-0.1, -0.05) is 30.3 Å². The number of carbonyl (C=O) groups is 1. The van der Waals surface area contributed by atoms with Crippen LogP contribution >= 0.6 is 0 Å². The van der Waals surface area contributed by atoms with Crippen molar-refractivity contribution in [2.75, 3.05) is 0 Å². The molecule has 0 aliphatic rings. The molecule has 20 heavy (non-hydrogen) atoms. The first-order valence-corrected chi connectivity index (χ1v) is 6.61. The van der Waals surface area contributed by atoms with Gasteiger partial charge in [-0.3, -0.25) is 4.57 Å². The predicted molar refractivity (Wildman–Crippen MR) is 78.6 cm³/mol. The molecule has 0 spiro atoms. The van der Waals surface area contributed by atoms with Crippen molar-refractivity contribution < 1.29 is 9.90 Å². The molecule has 0 bridgehead atoms. The van der Waals surface area contributed by atoms with Crippen LogP contribution in [0, 0.1) is 0 Å². The van der Waals surface area contributed by atoms with Gasteiger partial charge in [0, 0.05) is 11.7 Å². The lowest BCUT2D eigenvalue weighted by Crippen LogP contribution is -2.43. The largest absolute Gasteiger partial charge is 0.382 e. The van der Waals surface area contributed by atoms with E-state index in [0.717, 1.165) is 5.56 Å². The first-order chi connectivity index (χ1) is 9.38. The summed E-state index contributed by atoms with van der Waals surface area (Å²) in [5, 5.41) is 13.3. The Hall–Kier alpha value is -2.07. The van der Waals surface area contributed by atoms with Crippen LogP contribution in [0.1, 0.15) is 38.1 Å². The lowest BCUT2D eigenvalue weighted by atomic mass is 10.1. The number of benzene rings is 1. The van der Waals surface area contributed by atoms with Gasteiger partial charge in [0.2, 0.25) is 0 Å². The maximum atomic E-state index is 12.2. The zero-order valence-electron chi connectivity index (χ0n) is 12.0. The van der Waals surface area contributed by atoms with Crippen molar-refractivity contribution in [3.8, 4) is 0 Å². The zero-order valence-corrected chi connectivity index (χ0v) is 12.0. The molecule has 1 amide bonds. The van der Waals surface area contributed by atoms with Gasteiger partial charge in [-0.2, -0.15) is 0 Å². The molecule has 0 radical (unpaired) electrons. The van der Waals surface area contributed by atoms with E-state index in [1.807, 2.05) is 51.1 Å². The molecule has 0 fully saturated rings. The van der Waals surface area contributed by atoms with Gasteiger partial charge in [-0.15, -0.1) is 0 Å². The molecule has 0 saturated heterocycles. The average molecular weight is 272 g/mol. The first kappa shape index (κ1) is 14.3. The van der Waals surface area contributed by atoms with Crippen LogP contribution in [0.3, 0.4) is 0 Å². The van der Waals surface area contributed by atoms with Gasteiger partial charge in [0.15, 0.2) is 0 Å². The SMILES string of the molecule is CC(C)(C)NC(=O)n1cccc1C(O)c1ccccc1. The van der Waals surface area contributed by atoms with Crippen LogP contribution in [0.25, 0.3) is 0 Å².